The lowest BCUT2D eigenvalue weighted by Crippen LogP contribution is -2.06. The third-order valence-corrected chi connectivity index (χ3v) is 6.52. The SMILES string of the molecule is CCOC(=O)CCCOc1ccc(Nc2nc(Cl)ncc2N)cc1.CCOC(=O)CCCOc1ccc(Nc2nc(Cl)ncc2[N+](=O)[O-])cc1. The average Bonchev–Trinajstić information content (AvgIpc) is 3.09. The first kappa shape index (κ1) is 39.0. The second kappa shape index (κ2) is 20.8. The van der Waals surface area contributed by atoms with Gasteiger partial charge in [-0.05, 0) is 98.4 Å². The molecule has 2 aromatic heterocycles. The van der Waals surface area contributed by atoms with Gasteiger partial charge in [-0.2, -0.15) is 9.97 Å². The van der Waals surface area contributed by atoms with Gasteiger partial charge < -0.3 is 35.3 Å². The van der Waals surface area contributed by atoms with E-state index in [9.17, 15) is 19.7 Å². The highest BCUT2D eigenvalue weighted by Crippen LogP contribution is 2.27. The quantitative estimate of drug-likeness (QED) is 0.0339. The fourth-order valence-corrected chi connectivity index (χ4v) is 4.14. The molecular weight excluding hydrogens is 695 g/mol. The Balaban J connectivity index is 0.000000271. The summed E-state index contributed by atoms with van der Waals surface area (Å²) < 4.78 is 20.8. The molecule has 0 saturated carbocycles. The van der Waals surface area contributed by atoms with Crippen molar-refractivity contribution in [1.29, 1.82) is 0 Å². The molecule has 50 heavy (non-hydrogen) atoms. The van der Waals surface area contributed by atoms with Crippen LogP contribution in [0.5, 0.6) is 11.5 Å². The molecule has 0 aliphatic heterocycles. The Morgan fingerprint density at radius 2 is 1.20 bits per heavy atom. The van der Waals surface area contributed by atoms with E-state index in [1.165, 1.54) is 6.20 Å². The van der Waals surface area contributed by atoms with Gasteiger partial charge in [-0.3, -0.25) is 19.7 Å². The highest BCUT2D eigenvalue weighted by molar-refractivity contribution is 6.28. The van der Waals surface area contributed by atoms with Gasteiger partial charge in [0.15, 0.2) is 5.82 Å². The van der Waals surface area contributed by atoms with Crippen LogP contribution in [0.25, 0.3) is 0 Å². The number of nitrogens with zero attached hydrogens (tertiary/aromatic N) is 5. The summed E-state index contributed by atoms with van der Waals surface area (Å²) in [5.41, 5.74) is 7.26. The van der Waals surface area contributed by atoms with Gasteiger partial charge in [-0.25, -0.2) is 9.97 Å². The topological polar surface area (TPSA) is 216 Å². The molecule has 0 unspecified atom stereocenters. The Labute approximate surface area is 297 Å². The van der Waals surface area contributed by atoms with Crippen molar-refractivity contribution >= 4 is 69.5 Å². The Bertz CT molecular complexity index is 1700. The number of carbonyl (C=O) groups excluding carboxylic acids is 2. The number of nitro groups is 1. The number of hydrogen-bond donors (Lipinski definition) is 3. The van der Waals surface area contributed by atoms with Gasteiger partial charge in [0.2, 0.25) is 16.4 Å². The molecule has 0 aliphatic rings. The van der Waals surface area contributed by atoms with Crippen molar-refractivity contribution in [2.24, 2.45) is 0 Å². The number of anilines is 5. The summed E-state index contributed by atoms with van der Waals surface area (Å²) >= 11 is 11.4. The summed E-state index contributed by atoms with van der Waals surface area (Å²) in [5, 5.41) is 16.9. The molecule has 16 nitrogen and oxygen atoms in total. The predicted molar refractivity (Wildman–Crippen MR) is 187 cm³/mol. The van der Waals surface area contributed by atoms with Crippen LogP contribution in [0.1, 0.15) is 39.5 Å². The highest BCUT2D eigenvalue weighted by Gasteiger charge is 2.17. The molecule has 0 aliphatic carbocycles. The molecule has 0 bridgehead atoms. The lowest BCUT2D eigenvalue weighted by Gasteiger charge is -2.10. The first-order valence-electron chi connectivity index (χ1n) is 15.3. The number of nitrogen functional groups attached to an aromatic ring is 1. The maximum absolute atomic E-state index is 11.2. The van der Waals surface area contributed by atoms with Crippen LogP contribution in [0.2, 0.25) is 10.6 Å². The lowest BCUT2D eigenvalue weighted by molar-refractivity contribution is -0.384. The first-order valence-corrected chi connectivity index (χ1v) is 16.1. The number of nitrogens with two attached hydrogens (primary N) is 1. The average molecular weight is 732 g/mol. The largest absolute Gasteiger partial charge is 0.494 e. The molecule has 18 heteroatoms. The van der Waals surface area contributed by atoms with Crippen LogP contribution < -0.4 is 25.8 Å². The zero-order valence-corrected chi connectivity index (χ0v) is 28.8. The summed E-state index contributed by atoms with van der Waals surface area (Å²) in [4.78, 5) is 48.1. The lowest BCUT2D eigenvalue weighted by atomic mass is 10.3. The molecule has 0 saturated heterocycles. The maximum Gasteiger partial charge on any atom is 0.329 e. The van der Waals surface area contributed by atoms with Crippen LogP contribution in [0.4, 0.5) is 34.4 Å². The highest BCUT2D eigenvalue weighted by atomic mass is 35.5. The smallest absolute Gasteiger partial charge is 0.329 e. The number of esters is 2. The molecule has 0 atom stereocenters. The third-order valence-electron chi connectivity index (χ3n) is 6.16. The summed E-state index contributed by atoms with van der Waals surface area (Å²) in [7, 11) is 0. The van der Waals surface area contributed by atoms with Crippen molar-refractivity contribution in [3.8, 4) is 11.5 Å². The van der Waals surface area contributed by atoms with Crippen molar-refractivity contribution in [2.45, 2.75) is 39.5 Å². The molecule has 2 aromatic carbocycles. The monoisotopic (exact) mass is 730 g/mol. The Morgan fingerprint density at radius 3 is 1.66 bits per heavy atom. The van der Waals surface area contributed by atoms with Crippen LogP contribution in [-0.2, 0) is 19.1 Å². The van der Waals surface area contributed by atoms with Gasteiger partial charge in [-0.15, -0.1) is 0 Å². The van der Waals surface area contributed by atoms with Crippen molar-refractivity contribution in [3.05, 3.63) is 81.6 Å². The number of hydrogen-bond acceptors (Lipinski definition) is 15. The number of nitrogens with one attached hydrogen (secondary N) is 2. The van der Waals surface area contributed by atoms with Crippen LogP contribution in [-0.4, -0.2) is 63.2 Å². The Hall–Kier alpha value is -5.48. The molecule has 0 radical (unpaired) electrons. The molecule has 2 heterocycles. The summed E-state index contributed by atoms with van der Waals surface area (Å²) in [6, 6.07) is 14.0. The maximum atomic E-state index is 11.2. The minimum atomic E-state index is -0.598. The molecule has 4 N–H and O–H groups in total. The summed E-state index contributed by atoms with van der Waals surface area (Å²) in [5.74, 6) is 1.30. The van der Waals surface area contributed by atoms with Gasteiger partial charge in [0, 0.05) is 24.2 Å². The molecule has 0 spiro atoms. The molecule has 0 fully saturated rings. The van der Waals surface area contributed by atoms with Crippen molar-refractivity contribution in [2.75, 3.05) is 42.8 Å². The van der Waals surface area contributed by atoms with Crippen LogP contribution >= 0.6 is 23.2 Å². The van der Waals surface area contributed by atoms with Crippen LogP contribution in [0.15, 0.2) is 60.9 Å². The van der Waals surface area contributed by atoms with Crippen molar-refractivity contribution in [3.63, 3.8) is 0 Å². The van der Waals surface area contributed by atoms with E-state index >= 15 is 0 Å². The van der Waals surface area contributed by atoms with Gasteiger partial charge in [0.1, 0.15) is 17.7 Å². The number of rotatable bonds is 17. The molecule has 266 valence electrons. The van der Waals surface area contributed by atoms with Gasteiger partial charge in [0.25, 0.3) is 0 Å². The second-order valence-corrected chi connectivity index (χ2v) is 10.6. The molecule has 4 rings (SSSR count). The number of aromatic nitrogens is 4. The zero-order valence-electron chi connectivity index (χ0n) is 27.3. The zero-order chi connectivity index (χ0) is 36.3. The van der Waals surface area contributed by atoms with Gasteiger partial charge in [0.05, 0.1) is 43.2 Å². The molecule has 0 amide bonds. The standard InChI is InChI=1S/C16H17ClN4O5.C16H19ClN4O3/c1-2-25-14(22)4-3-9-26-12-7-5-11(6-8-12)19-15-13(21(23)24)10-18-16(17)20-15;1-2-23-14(22)4-3-9-24-12-7-5-11(6-8-12)20-15-13(18)10-19-16(17)21-15/h5-8,10H,2-4,9H2,1H3,(H,18,19,20);5-8,10H,2-4,9,18H2,1H3,(H,19,20,21). The Kier molecular flexibility index (Phi) is 16.2. The number of halogens is 2. The van der Waals surface area contributed by atoms with E-state index in [2.05, 4.69) is 30.6 Å². The molecular formula is C32H36Cl2N8O8. The van der Waals surface area contributed by atoms with Crippen molar-refractivity contribution < 1.29 is 33.5 Å². The fourth-order valence-electron chi connectivity index (χ4n) is 3.87. The van der Waals surface area contributed by atoms with Crippen molar-refractivity contribution in [1.82, 2.24) is 19.9 Å². The normalized spacial score (nSPS) is 10.2. The van der Waals surface area contributed by atoms with E-state index in [4.69, 9.17) is 47.9 Å². The van der Waals surface area contributed by atoms with E-state index < -0.39 is 4.92 Å². The summed E-state index contributed by atoms with van der Waals surface area (Å²) in [6.07, 6.45) is 4.28. The van der Waals surface area contributed by atoms with E-state index in [-0.39, 0.29) is 34.0 Å². The number of carbonyl (C=O) groups is 2. The predicted octanol–water partition coefficient (Wildman–Crippen LogP) is 6.68. The molecule has 4 aromatic rings. The fraction of sp³-hybridized carbons (Fsp3) is 0.312. The van der Waals surface area contributed by atoms with E-state index in [0.29, 0.717) is 80.8 Å². The van der Waals surface area contributed by atoms with Gasteiger partial charge >= 0.3 is 17.6 Å². The first-order chi connectivity index (χ1) is 24.1. The number of ether oxygens (including phenoxy) is 4. The van der Waals surface area contributed by atoms with E-state index in [0.717, 1.165) is 11.9 Å². The van der Waals surface area contributed by atoms with E-state index in [1.807, 2.05) is 24.3 Å². The minimum Gasteiger partial charge on any atom is -0.494 e. The summed E-state index contributed by atoms with van der Waals surface area (Å²) in [6.45, 7) is 5.12. The Morgan fingerprint density at radius 1 is 0.760 bits per heavy atom. The third kappa shape index (κ3) is 13.9. The van der Waals surface area contributed by atoms with Gasteiger partial charge in [-0.1, -0.05) is 0 Å². The van der Waals surface area contributed by atoms with Crippen LogP contribution in [0.3, 0.4) is 0 Å². The second-order valence-electron chi connectivity index (χ2n) is 9.89. The minimum absolute atomic E-state index is 0.00175. The van der Waals surface area contributed by atoms with E-state index in [1.54, 1.807) is 38.1 Å². The van der Waals surface area contributed by atoms with Crippen LogP contribution in [0, 0.1) is 10.1 Å². The number of benzene rings is 2.